The normalized spacial score (nSPS) is 11.4. The third-order valence-corrected chi connectivity index (χ3v) is 3.96. The lowest BCUT2D eigenvalue weighted by atomic mass is 10.3. The van der Waals surface area contributed by atoms with Gasteiger partial charge in [0.05, 0.1) is 12.2 Å². The average molecular weight is 318 g/mol. The molecule has 8 heteroatoms. The fourth-order valence-electron chi connectivity index (χ4n) is 1.99. The van der Waals surface area contributed by atoms with Crippen LogP contribution in [0.15, 0.2) is 28.4 Å². The van der Waals surface area contributed by atoms with E-state index >= 15 is 0 Å². The Bertz CT molecular complexity index is 804. The highest BCUT2D eigenvalue weighted by molar-refractivity contribution is 7.09. The summed E-state index contributed by atoms with van der Waals surface area (Å²) in [6, 6.07) is 5.90. The second-order valence-electron chi connectivity index (χ2n) is 5.26. The van der Waals surface area contributed by atoms with Crippen LogP contribution >= 0.6 is 11.3 Å². The third kappa shape index (κ3) is 3.34. The van der Waals surface area contributed by atoms with Crippen LogP contribution < -0.4 is 16.2 Å². The molecule has 0 aromatic carbocycles. The van der Waals surface area contributed by atoms with Crippen molar-refractivity contribution in [1.29, 1.82) is 0 Å². The van der Waals surface area contributed by atoms with Crippen LogP contribution in [-0.4, -0.2) is 25.6 Å². The lowest BCUT2D eigenvalue weighted by molar-refractivity contribution is 0.580. The van der Waals surface area contributed by atoms with Gasteiger partial charge in [0, 0.05) is 23.5 Å². The van der Waals surface area contributed by atoms with Crippen LogP contribution in [0.3, 0.4) is 0 Å². The summed E-state index contributed by atoms with van der Waals surface area (Å²) < 4.78 is 1.34. The summed E-state index contributed by atoms with van der Waals surface area (Å²) in [5, 5.41) is 11.3. The van der Waals surface area contributed by atoms with Crippen molar-refractivity contribution in [3.8, 4) is 0 Å². The molecule has 22 heavy (non-hydrogen) atoms. The number of aromatic nitrogens is 4. The topological polar surface area (TPSA) is 87.1 Å². The average Bonchev–Trinajstić information content (AvgIpc) is 3.12. The molecule has 0 fully saturated rings. The van der Waals surface area contributed by atoms with Crippen molar-refractivity contribution in [3.63, 3.8) is 0 Å². The molecule has 0 aliphatic heterocycles. The van der Waals surface area contributed by atoms with E-state index in [2.05, 4.69) is 25.7 Å². The van der Waals surface area contributed by atoms with Crippen LogP contribution in [0.2, 0.25) is 0 Å². The Balaban J connectivity index is 1.79. The maximum atomic E-state index is 12.1. The van der Waals surface area contributed by atoms with Crippen LogP contribution in [0.5, 0.6) is 0 Å². The number of hydrogen-bond donors (Lipinski definition) is 3. The predicted octanol–water partition coefficient (Wildman–Crippen LogP) is 1.59. The number of H-pyrrole nitrogens is 1. The third-order valence-electron chi connectivity index (χ3n) is 3.09. The van der Waals surface area contributed by atoms with E-state index in [1.54, 1.807) is 11.3 Å². The van der Waals surface area contributed by atoms with Crippen molar-refractivity contribution in [1.82, 2.24) is 24.9 Å². The molecule has 0 spiro atoms. The molecule has 0 atom stereocenters. The maximum Gasteiger partial charge on any atom is 0.274 e. The van der Waals surface area contributed by atoms with Gasteiger partial charge in [-0.3, -0.25) is 9.89 Å². The zero-order chi connectivity index (χ0) is 15.5. The minimum Gasteiger partial charge on any atom is -0.350 e. The Hall–Kier alpha value is -2.19. The first-order valence-electron chi connectivity index (χ1n) is 7.10. The fraction of sp³-hybridized carbons (Fsp3) is 0.357. The Kier molecular flexibility index (Phi) is 4.21. The van der Waals surface area contributed by atoms with E-state index in [1.165, 1.54) is 15.5 Å². The summed E-state index contributed by atoms with van der Waals surface area (Å²) in [5.74, 6) is 0.911. The molecular weight excluding hydrogens is 300 g/mol. The van der Waals surface area contributed by atoms with E-state index in [4.69, 9.17) is 0 Å². The van der Waals surface area contributed by atoms with Crippen molar-refractivity contribution in [2.75, 3.05) is 5.32 Å². The Morgan fingerprint density at radius 3 is 2.95 bits per heavy atom. The molecule has 0 unspecified atom stereocenters. The first-order valence-corrected chi connectivity index (χ1v) is 7.98. The van der Waals surface area contributed by atoms with Gasteiger partial charge in [-0.25, -0.2) is 4.98 Å². The monoisotopic (exact) mass is 318 g/mol. The molecule has 3 aromatic heterocycles. The van der Waals surface area contributed by atoms with Crippen LogP contribution in [0.1, 0.15) is 24.4 Å². The van der Waals surface area contributed by atoms with Crippen LogP contribution in [0.4, 0.5) is 5.95 Å². The Morgan fingerprint density at radius 1 is 1.36 bits per heavy atom. The van der Waals surface area contributed by atoms with Crippen molar-refractivity contribution in [2.24, 2.45) is 0 Å². The molecular formula is C14H18N6OS. The number of rotatable bonds is 6. The first kappa shape index (κ1) is 14.7. The molecule has 0 amide bonds. The molecule has 7 nitrogen and oxygen atoms in total. The quantitative estimate of drug-likeness (QED) is 0.642. The Labute approximate surface area is 131 Å². The zero-order valence-corrected chi connectivity index (χ0v) is 13.3. The number of nitrogens with zero attached hydrogens (tertiary/aromatic N) is 3. The first-order chi connectivity index (χ1) is 10.6. The molecule has 0 radical (unpaired) electrons. The summed E-state index contributed by atoms with van der Waals surface area (Å²) in [4.78, 5) is 22.0. The molecule has 0 bridgehead atoms. The van der Waals surface area contributed by atoms with Gasteiger partial charge < -0.3 is 10.6 Å². The SMILES string of the molecule is CC(C)NCc1cc(=O)n2[nH]c(NCc3cccs3)nc2n1. The van der Waals surface area contributed by atoms with Gasteiger partial charge in [-0.1, -0.05) is 19.9 Å². The summed E-state index contributed by atoms with van der Waals surface area (Å²) in [5.41, 5.74) is 0.525. The molecule has 3 rings (SSSR count). The van der Waals surface area contributed by atoms with Gasteiger partial charge in [-0.15, -0.1) is 11.3 Å². The van der Waals surface area contributed by atoms with Gasteiger partial charge in [-0.05, 0) is 11.4 Å². The second kappa shape index (κ2) is 6.29. The van der Waals surface area contributed by atoms with Crippen molar-refractivity contribution in [2.45, 2.75) is 33.0 Å². The van der Waals surface area contributed by atoms with Crippen molar-refractivity contribution < 1.29 is 0 Å². The molecule has 3 aromatic rings. The molecule has 116 valence electrons. The van der Waals surface area contributed by atoms with Gasteiger partial charge >= 0.3 is 0 Å². The lowest BCUT2D eigenvalue weighted by Gasteiger charge is -2.06. The van der Waals surface area contributed by atoms with E-state index in [1.807, 2.05) is 31.4 Å². The van der Waals surface area contributed by atoms with Crippen LogP contribution in [0, 0.1) is 0 Å². The molecule has 0 aliphatic carbocycles. The number of fused-ring (bicyclic) bond motifs is 1. The van der Waals surface area contributed by atoms with E-state index in [0.717, 1.165) is 0 Å². The number of anilines is 1. The second-order valence-corrected chi connectivity index (χ2v) is 6.29. The highest BCUT2D eigenvalue weighted by Crippen LogP contribution is 2.10. The van der Waals surface area contributed by atoms with E-state index in [0.29, 0.717) is 36.6 Å². The van der Waals surface area contributed by atoms with E-state index in [9.17, 15) is 4.79 Å². The summed E-state index contributed by atoms with van der Waals surface area (Å²) in [7, 11) is 0. The number of aromatic amines is 1. The standard InChI is InChI=1S/C14H18N6OS/c1-9(2)15-7-10-6-12(21)20-14(17-10)18-13(19-20)16-8-11-4-3-5-22-11/h3-6,9,15H,7-8H2,1-2H3,(H2,16,17,18,19). The van der Waals surface area contributed by atoms with Gasteiger partial charge in [0.15, 0.2) is 0 Å². The highest BCUT2D eigenvalue weighted by Gasteiger charge is 2.08. The number of thiophene rings is 1. The van der Waals surface area contributed by atoms with Gasteiger partial charge in [-0.2, -0.15) is 9.50 Å². The summed E-state index contributed by atoms with van der Waals surface area (Å²) >= 11 is 1.67. The molecule has 3 heterocycles. The smallest absolute Gasteiger partial charge is 0.274 e. The molecule has 0 aliphatic rings. The maximum absolute atomic E-state index is 12.1. The fourth-order valence-corrected chi connectivity index (χ4v) is 2.63. The summed E-state index contributed by atoms with van der Waals surface area (Å²) in [6.07, 6.45) is 0. The molecule has 3 N–H and O–H groups in total. The van der Waals surface area contributed by atoms with Crippen molar-refractivity contribution in [3.05, 3.63) is 44.5 Å². The van der Waals surface area contributed by atoms with E-state index < -0.39 is 0 Å². The van der Waals surface area contributed by atoms with Crippen molar-refractivity contribution >= 4 is 23.1 Å². The van der Waals surface area contributed by atoms with Gasteiger partial charge in [0.25, 0.3) is 11.3 Å². The largest absolute Gasteiger partial charge is 0.350 e. The van der Waals surface area contributed by atoms with Crippen LogP contribution in [0.25, 0.3) is 5.78 Å². The lowest BCUT2D eigenvalue weighted by Crippen LogP contribution is -2.24. The predicted molar refractivity (Wildman–Crippen MR) is 87.2 cm³/mol. The summed E-state index contributed by atoms with van der Waals surface area (Å²) in [6.45, 7) is 5.31. The number of nitrogens with one attached hydrogen (secondary N) is 3. The Morgan fingerprint density at radius 2 is 2.23 bits per heavy atom. The highest BCUT2D eigenvalue weighted by atomic mass is 32.1. The molecule has 0 saturated heterocycles. The minimum atomic E-state index is -0.165. The number of hydrogen-bond acceptors (Lipinski definition) is 6. The van der Waals surface area contributed by atoms with E-state index in [-0.39, 0.29) is 5.56 Å². The minimum absolute atomic E-state index is 0.165. The zero-order valence-electron chi connectivity index (χ0n) is 12.5. The van der Waals surface area contributed by atoms with Crippen LogP contribution in [-0.2, 0) is 13.1 Å². The van der Waals surface area contributed by atoms with Gasteiger partial charge in [0.2, 0.25) is 5.95 Å². The molecule has 0 saturated carbocycles. The van der Waals surface area contributed by atoms with Gasteiger partial charge in [0.1, 0.15) is 0 Å².